The van der Waals surface area contributed by atoms with Gasteiger partial charge < -0.3 is 10.6 Å². The van der Waals surface area contributed by atoms with Crippen LogP contribution in [0.3, 0.4) is 0 Å². The molecule has 10 heteroatoms. The molecule has 0 aliphatic rings. The molecule has 4 atom stereocenters. The van der Waals surface area contributed by atoms with Crippen molar-refractivity contribution in [1.82, 2.24) is 20.4 Å². The molecular formula is C46H56F2N4O4. The minimum atomic E-state index is -0.823. The number of hydrogen-bond donors (Lipinski definition) is 2. The molecule has 298 valence electrons. The minimum absolute atomic E-state index is 0.0746. The molecule has 0 radical (unpaired) electrons. The van der Waals surface area contributed by atoms with Gasteiger partial charge >= 0.3 is 0 Å². The van der Waals surface area contributed by atoms with Crippen LogP contribution in [0.5, 0.6) is 0 Å². The van der Waals surface area contributed by atoms with Crippen LogP contribution in [0.15, 0.2) is 97.1 Å². The normalized spacial score (nSPS) is 14.7. The van der Waals surface area contributed by atoms with Crippen LogP contribution in [0.1, 0.15) is 95.3 Å². The van der Waals surface area contributed by atoms with Crippen molar-refractivity contribution in [1.29, 1.82) is 0 Å². The summed E-state index contributed by atoms with van der Waals surface area (Å²) in [7, 11) is 7.50. The third-order valence-electron chi connectivity index (χ3n) is 11.4. The maximum Gasteiger partial charge on any atom is 0.227 e. The Kier molecular flexibility index (Phi) is 15.0. The van der Waals surface area contributed by atoms with Gasteiger partial charge in [0.05, 0.1) is 22.9 Å². The van der Waals surface area contributed by atoms with E-state index in [4.69, 9.17) is 0 Å². The fourth-order valence-electron chi connectivity index (χ4n) is 7.33. The largest absolute Gasteiger partial charge is 0.354 e. The van der Waals surface area contributed by atoms with Crippen LogP contribution in [-0.2, 0) is 22.4 Å². The van der Waals surface area contributed by atoms with E-state index in [0.717, 1.165) is 22.3 Å². The van der Waals surface area contributed by atoms with Crippen molar-refractivity contribution in [3.8, 4) is 0 Å². The Morgan fingerprint density at radius 2 is 0.839 bits per heavy atom. The van der Waals surface area contributed by atoms with Gasteiger partial charge in [0, 0.05) is 24.2 Å². The van der Waals surface area contributed by atoms with E-state index < -0.39 is 34.5 Å². The van der Waals surface area contributed by atoms with Crippen LogP contribution in [-0.4, -0.2) is 85.5 Å². The molecule has 0 aliphatic carbocycles. The number of nitrogens with one attached hydrogen (secondary N) is 2. The van der Waals surface area contributed by atoms with E-state index in [0.29, 0.717) is 36.8 Å². The van der Waals surface area contributed by atoms with E-state index in [-0.39, 0.29) is 36.5 Å². The fourth-order valence-corrected chi connectivity index (χ4v) is 7.33. The Bertz CT molecular complexity index is 1800. The fraction of sp³-hybridized carbons (Fsp3) is 0.391. The molecule has 0 aromatic heterocycles. The first kappa shape index (κ1) is 43.7. The zero-order chi connectivity index (χ0) is 41.2. The Morgan fingerprint density at radius 3 is 1.11 bits per heavy atom. The first-order valence-electron chi connectivity index (χ1n) is 19.3. The molecule has 8 nitrogen and oxygen atoms in total. The molecule has 56 heavy (non-hydrogen) atoms. The van der Waals surface area contributed by atoms with E-state index >= 15 is 0 Å². The summed E-state index contributed by atoms with van der Waals surface area (Å²) in [5.74, 6) is -2.14. The SMILES string of the molecule is CCC(Cc1ccc(C(C)C(=O)NCCNC(=O)C(C)c2ccc(CC(CC)(C(=O)c3ccc(F)cc3)N(C)C)cc2)cc1)(C(=O)c1ccc(F)cc1)N(C)C. The van der Waals surface area contributed by atoms with Crippen LogP contribution >= 0.6 is 0 Å². The van der Waals surface area contributed by atoms with E-state index in [9.17, 15) is 28.0 Å². The lowest BCUT2D eigenvalue weighted by molar-refractivity contribution is -0.124. The van der Waals surface area contributed by atoms with Gasteiger partial charge in [0.25, 0.3) is 0 Å². The van der Waals surface area contributed by atoms with Crippen LogP contribution in [0, 0.1) is 11.6 Å². The van der Waals surface area contributed by atoms with E-state index in [1.165, 1.54) is 48.5 Å². The highest BCUT2D eigenvalue weighted by Gasteiger charge is 2.41. The first-order chi connectivity index (χ1) is 26.6. The van der Waals surface area contributed by atoms with Crippen molar-refractivity contribution in [2.75, 3.05) is 41.3 Å². The summed E-state index contributed by atoms with van der Waals surface area (Å²) in [5, 5.41) is 5.83. The van der Waals surface area contributed by atoms with Gasteiger partial charge in [-0.2, -0.15) is 0 Å². The number of carbonyl (C=O) groups is 4. The van der Waals surface area contributed by atoms with Gasteiger partial charge in [-0.05, 0) is 139 Å². The van der Waals surface area contributed by atoms with Gasteiger partial charge in [-0.15, -0.1) is 0 Å². The molecule has 4 rings (SSSR count). The molecule has 4 aromatic carbocycles. The zero-order valence-corrected chi connectivity index (χ0v) is 33.9. The molecule has 0 aliphatic heterocycles. The lowest BCUT2D eigenvalue weighted by Gasteiger charge is -2.38. The molecule has 0 spiro atoms. The molecule has 0 fully saturated rings. The molecular weight excluding hydrogens is 711 g/mol. The third-order valence-corrected chi connectivity index (χ3v) is 11.4. The monoisotopic (exact) mass is 766 g/mol. The standard InChI is InChI=1S/C46H56F2N4O4/c1-9-45(51(5)6,41(53)37-19-23-39(47)24-20-37)29-33-11-15-35(16-12-33)31(3)43(55)49-27-28-50-44(56)32(4)36-17-13-34(14-18-36)30-46(10-2,52(7)8)42(54)38-21-25-40(48)26-22-38/h11-26,31-32H,9-10,27-30H2,1-8H3,(H,49,55)(H,50,56). The van der Waals surface area contributed by atoms with Crippen molar-refractivity contribution in [2.45, 2.75) is 76.3 Å². The number of carbonyl (C=O) groups excluding carboxylic acids is 4. The topological polar surface area (TPSA) is 98.8 Å². The van der Waals surface area contributed by atoms with E-state index in [1.807, 2.05) is 114 Å². The molecule has 0 bridgehead atoms. The van der Waals surface area contributed by atoms with E-state index in [2.05, 4.69) is 10.6 Å². The molecule has 4 unspecified atom stereocenters. The van der Waals surface area contributed by atoms with Crippen molar-refractivity contribution >= 4 is 23.4 Å². The second-order valence-corrected chi connectivity index (χ2v) is 15.1. The van der Waals surface area contributed by atoms with Gasteiger partial charge in [0.15, 0.2) is 11.6 Å². The van der Waals surface area contributed by atoms with Crippen LogP contribution in [0.4, 0.5) is 8.78 Å². The summed E-state index contributed by atoms with van der Waals surface area (Å²) in [6, 6.07) is 26.7. The molecule has 0 heterocycles. The smallest absolute Gasteiger partial charge is 0.227 e. The van der Waals surface area contributed by atoms with Crippen molar-refractivity contribution in [3.05, 3.63) is 142 Å². The molecule has 4 aromatic rings. The molecule has 0 saturated heterocycles. The van der Waals surface area contributed by atoms with E-state index in [1.54, 1.807) is 0 Å². The predicted molar refractivity (Wildman–Crippen MR) is 218 cm³/mol. The Hall–Kier alpha value is -5.06. The quantitative estimate of drug-likeness (QED) is 0.0764. The lowest BCUT2D eigenvalue weighted by Crippen LogP contribution is -2.52. The number of rotatable bonds is 19. The third kappa shape index (κ3) is 10.0. The second-order valence-electron chi connectivity index (χ2n) is 15.1. The van der Waals surface area contributed by atoms with Crippen LogP contribution < -0.4 is 10.6 Å². The molecule has 0 saturated carbocycles. The number of hydrogen-bond acceptors (Lipinski definition) is 6. The van der Waals surface area contributed by atoms with Crippen LogP contribution in [0.2, 0.25) is 0 Å². The summed E-state index contributed by atoms with van der Waals surface area (Å²) >= 11 is 0. The number of nitrogens with zero attached hydrogens (tertiary/aromatic N) is 2. The van der Waals surface area contributed by atoms with Crippen molar-refractivity contribution < 1.29 is 28.0 Å². The summed E-state index contributed by atoms with van der Waals surface area (Å²) in [5.41, 5.74) is 2.80. The van der Waals surface area contributed by atoms with Gasteiger partial charge in [-0.3, -0.25) is 29.0 Å². The number of Topliss-reactive ketones (excluding diaryl/α,β-unsaturated/α-hetero) is 2. The predicted octanol–water partition coefficient (Wildman–Crippen LogP) is 7.38. The summed E-state index contributed by atoms with van der Waals surface area (Å²) in [6.07, 6.45) is 2.01. The summed E-state index contributed by atoms with van der Waals surface area (Å²) < 4.78 is 27.1. The highest BCUT2D eigenvalue weighted by atomic mass is 19.1. The Morgan fingerprint density at radius 1 is 0.536 bits per heavy atom. The number of likely N-dealkylation sites (N-methyl/N-ethyl adjacent to an activating group) is 2. The Balaban J connectivity index is 1.29. The highest BCUT2D eigenvalue weighted by Crippen LogP contribution is 2.30. The second kappa shape index (κ2) is 19.2. The molecule has 2 N–H and O–H groups in total. The number of ketones is 2. The number of amides is 2. The van der Waals surface area contributed by atoms with Crippen molar-refractivity contribution in [3.63, 3.8) is 0 Å². The highest BCUT2D eigenvalue weighted by molar-refractivity contribution is 6.04. The van der Waals surface area contributed by atoms with Gasteiger partial charge in [0.2, 0.25) is 11.8 Å². The summed E-state index contributed by atoms with van der Waals surface area (Å²) in [4.78, 5) is 57.3. The summed E-state index contributed by atoms with van der Waals surface area (Å²) in [6.45, 7) is 8.11. The maximum atomic E-state index is 13.7. The minimum Gasteiger partial charge on any atom is -0.354 e. The van der Waals surface area contributed by atoms with Crippen LogP contribution in [0.25, 0.3) is 0 Å². The Labute approximate surface area is 330 Å². The maximum absolute atomic E-state index is 13.7. The van der Waals surface area contributed by atoms with Crippen molar-refractivity contribution in [2.24, 2.45) is 0 Å². The lowest BCUT2D eigenvalue weighted by atomic mass is 9.80. The van der Waals surface area contributed by atoms with Gasteiger partial charge in [-0.1, -0.05) is 62.4 Å². The van der Waals surface area contributed by atoms with Gasteiger partial charge in [0.1, 0.15) is 11.6 Å². The van der Waals surface area contributed by atoms with Gasteiger partial charge in [-0.25, -0.2) is 8.78 Å². The first-order valence-corrected chi connectivity index (χ1v) is 19.3. The number of halogens is 2. The zero-order valence-electron chi connectivity index (χ0n) is 33.9. The number of benzene rings is 4. The average Bonchev–Trinajstić information content (AvgIpc) is 3.20. The average molecular weight is 767 g/mol. The molecule has 2 amide bonds.